The molecule has 0 aliphatic rings. The van der Waals surface area contributed by atoms with Crippen LogP contribution < -0.4 is 10.1 Å². The summed E-state index contributed by atoms with van der Waals surface area (Å²) in [4.78, 5) is 17.1. The van der Waals surface area contributed by atoms with Crippen molar-refractivity contribution in [3.63, 3.8) is 0 Å². The predicted octanol–water partition coefficient (Wildman–Crippen LogP) is 6.27. The number of benzene rings is 2. The zero-order chi connectivity index (χ0) is 20.3. The number of nitrogens with zero attached hydrogens (tertiary/aromatic N) is 1. The Bertz CT molecular complexity index is 918. The summed E-state index contributed by atoms with van der Waals surface area (Å²) in [5.74, 6) is 0.845. The summed E-state index contributed by atoms with van der Waals surface area (Å²) in [5.41, 5.74) is 2.72. The molecule has 3 rings (SSSR count). The Kier molecular flexibility index (Phi) is 8.05. The Morgan fingerprint density at radius 1 is 0.966 bits per heavy atom. The highest BCUT2D eigenvalue weighted by atomic mass is 16.5. The molecule has 0 amide bonds. The maximum atomic E-state index is 12.7. The molecule has 4 nitrogen and oxygen atoms in total. The zero-order valence-corrected chi connectivity index (χ0v) is 17.2. The maximum absolute atomic E-state index is 12.7. The Morgan fingerprint density at radius 3 is 2.69 bits per heavy atom. The maximum Gasteiger partial charge on any atom is 0.166 e. The molecule has 0 saturated carbocycles. The molecule has 0 bridgehead atoms. The number of ketones is 1. The van der Waals surface area contributed by atoms with Crippen molar-refractivity contribution in [3.05, 3.63) is 66.4 Å². The number of Topliss-reactive ketones (excluding diaryl/α,β-unsaturated/α-hetero) is 1. The molecule has 29 heavy (non-hydrogen) atoms. The number of fused-ring (bicyclic) bond motifs is 1. The molecule has 0 fully saturated rings. The van der Waals surface area contributed by atoms with E-state index in [1.165, 1.54) is 19.3 Å². The van der Waals surface area contributed by atoms with Gasteiger partial charge in [0.2, 0.25) is 0 Å². The van der Waals surface area contributed by atoms with Crippen molar-refractivity contribution in [2.45, 2.75) is 45.4 Å². The van der Waals surface area contributed by atoms with Gasteiger partial charge in [0.15, 0.2) is 5.78 Å². The number of unbranched alkanes of at least 4 members (excludes halogenated alkanes) is 3. The largest absolute Gasteiger partial charge is 0.493 e. The zero-order valence-electron chi connectivity index (χ0n) is 17.2. The molecule has 0 unspecified atom stereocenters. The second-order valence-corrected chi connectivity index (χ2v) is 7.23. The Morgan fingerprint density at radius 2 is 1.79 bits per heavy atom. The molecule has 1 N–H and O–H groups in total. The summed E-state index contributed by atoms with van der Waals surface area (Å²) in [6, 6.07) is 17.6. The van der Waals surface area contributed by atoms with Crippen LogP contribution in [0.3, 0.4) is 0 Å². The van der Waals surface area contributed by atoms with Crippen LogP contribution in [0.15, 0.2) is 60.8 Å². The first kappa shape index (κ1) is 20.8. The second kappa shape index (κ2) is 11.2. The van der Waals surface area contributed by atoms with Crippen LogP contribution in [0.4, 0.5) is 5.69 Å². The molecule has 0 atom stereocenters. The fourth-order valence-electron chi connectivity index (χ4n) is 3.39. The van der Waals surface area contributed by atoms with E-state index in [4.69, 9.17) is 4.74 Å². The van der Waals surface area contributed by atoms with Crippen LogP contribution in [0.2, 0.25) is 0 Å². The molecule has 4 heteroatoms. The monoisotopic (exact) mass is 390 g/mol. The molecule has 1 heterocycles. The van der Waals surface area contributed by atoms with E-state index < -0.39 is 0 Å². The molecular weight excluding hydrogens is 360 g/mol. The number of hydrogen-bond acceptors (Lipinski definition) is 4. The fourth-order valence-corrected chi connectivity index (χ4v) is 3.39. The first-order chi connectivity index (χ1) is 14.3. The number of ether oxygens (including phenoxy) is 1. The van der Waals surface area contributed by atoms with Gasteiger partial charge in [-0.1, -0.05) is 56.5 Å². The van der Waals surface area contributed by atoms with Gasteiger partial charge in [-0.15, -0.1) is 0 Å². The van der Waals surface area contributed by atoms with Crippen molar-refractivity contribution >= 4 is 22.4 Å². The summed E-state index contributed by atoms with van der Waals surface area (Å²) in [6.45, 7) is 3.60. The molecule has 3 aromatic rings. The summed E-state index contributed by atoms with van der Waals surface area (Å²) < 4.78 is 5.89. The first-order valence-electron chi connectivity index (χ1n) is 10.6. The third-order valence-corrected chi connectivity index (χ3v) is 4.99. The molecule has 0 aliphatic carbocycles. The molecule has 0 spiro atoms. The minimum Gasteiger partial charge on any atom is -0.493 e. The highest BCUT2D eigenvalue weighted by Gasteiger charge is 2.12. The highest BCUT2D eigenvalue weighted by molar-refractivity contribution is 5.98. The SMILES string of the molecule is CCCCCCOc1ccccc1C(=O)CCCNc1ccnc2ccccc12. The third kappa shape index (κ3) is 6.05. The van der Waals surface area contributed by atoms with E-state index in [1.54, 1.807) is 0 Å². The minimum atomic E-state index is 0.135. The average Bonchev–Trinajstić information content (AvgIpc) is 2.77. The van der Waals surface area contributed by atoms with Gasteiger partial charge in [-0.05, 0) is 37.1 Å². The van der Waals surface area contributed by atoms with Gasteiger partial charge in [-0.2, -0.15) is 0 Å². The number of anilines is 1. The fraction of sp³-hybridized carbons (Fsp3) is 0.360. The molecule has 0 saturated heterocycles. The third-order valence-electron chi connectivity index (χ3n) is 4.99. The van der Waals surface area contributed by atoms with Crippen molar-refractivity contribution < 1.29 is 9.53 Å². The summed E-state index contributed by atoms with van der Waals surface area (Å²) in [5, 5.41) is 4.54. The summed E-state index contributed by atoms with van der Waals surface area (Å²) >= 11 is 0. The lowest BCUT2D eigenvalue weighted by atomic mass is 10.1. The average molecular weight is 391 g/mol. The molecule has 1 aromatic heterocycles. The van der Waals surface area contributed by atoms with Crippen LogP contribution in [-0.4, -0.2) is 23.9 Å². The number of hydrogen-bond donors (Lipinski definition) is 1. The summed E-state index contributed by atoms with van der Waals surface area (Å²) in [7, 11) is 0. The van der Waals surface area contributed by atoms with Crippen LogP contribution in [0, 0.1) is 0 Å². The van der Waals surface area contributed by atoms with E-state index in [2.05, 4.69) is 23.3 Å². The predicted molar refractivity (Wildman–Crippen MR) is 120 cm³/mol. The van der Waals surface area contributed by atoms with Crippen molar-refractivity contribution in [1.82, 2.24) is 4.98 Å². The van der Waals surface area contributed by atoms with Crippen molar-refractivity contribution in [3.8, 4) is 5.75 Å². The number of para-hydroxylation sites is 2. The van der Waals surface area contributed by atoms with E-state index >= 15 is 0 Å². The Hall–Kier alpha value is -2.88. The highest BCUT2D eigenvalue weighted by Crippen LogP contribution is 2.22. The second-order valence-electron chi connectivity index (χ2n) is 7.23. The van der Waals surface area contributed by atoms with Gasteiger partial charge in [-0.25, -0.2) is 0 Å². The molecular formula is C25H30N2O2. The lowest BCUT2D eigenvalue weighted by Gasteiger charge is -2.11. The lowest BCUT2D eigenvalue weighted by Crippen LogP contribution is -2.08. The van der Waals surface area contributed by atoms with E-state index in [0.717, 1.165) is 36.0 Å². The van der Waals surface area contributed by atoms with E-state index in [-0.39, 0.29) is 5.78 Å². The number of rotatable bonds is 12. The van der Waals surface area contributed by atoms with Gasteiger partial charge in [0.25, 0.3) is 0 Å². The summed E-state index contributed by atoms with van der Waals surface area (Å²) in [6.07, 6.45) is 7.70. The number of nitrogens with one attached hydrogen (secondary N) is 1. The van der Waals surface area contributed by atoms with Crippen LogP contribution >= 0.6 is 0 Å². The molecule has 0 aliphatic heterocycles. The van der Waals surface area contributed by atoms with Gasteiger partial charge in [0.1, 0.15) is 5.75 Å². The lowest BCUT2D eigenvalue weighted by molar-refractivity contribution is 0.0977. The Labute approximate surface area is 173 Å². The topological polar surface area (TPSA) is 51.2 Å². The van der Waals surface area contributed by atoms with Gasteiger partial charge in [-0.3, -0.25) is 9.78 Å². The number of carbonyl (C=O) groups excluding carboxylic acids is 1. The normalized spacial score (nSPS) is 10.8. The molecule has 152 valence electrons. The number of aromatic nitrogens is 1. The molecule has 2 aromatic carbocycles. The van der Waals surface area contributed by atoms with Crippen LogP contribution in [0.25, 0.3) is 10.9 Å². The number of pyridine rings is 1. The first-order valence-corrected chi connectivity index (χ1v) is 10.6. The minimum absolute atomic E-state index is 0.135. The van der Waals surface area contributed by atoms with Crippen molar-refractivity contribution in [1.29, 1.82) is 0 Å². The van der Waals surface area contributed by atoms with Crippen LogP contribution in [0.5, 0.6) is 5.75 Å². The Balaban J connectivity index is 1.49. The van der Waals surface area contributed by atoms with Gasteiger partial charge in [0.05, 0.1) is 17.7 Å². The smallest absolute Gasteiger partial charge is 0.166 e. The van der Waals surface area contributed by atoms with Crippen molar-refractivity contribution in [2.24, 2.45) is 0 Å². The van der Waals surface area contributed by atoms with Gasteiger partial charge >= 0.3 is 0 Å². The van der Waals surface area contributed by atoms with Crippen molar-refractivity contribution in [2.75, 3.05) is 18.5 Å². The standard InChI is InChI=1S/C25H30N2O2/c1-2-3-4-9-19-29-25-15-8-6-12-21(25)24(28)14-10-17-26-23-16-18-27-22-13-7-5-11-20(22)23/h5-8,11-13,15-16,18H,2-4,9-10,14,17,19H2,1H3,(H,26,27). The van der Waals surface area contributed by atoms with Gasteiger partial charge in [0, 0.05) is 30.2 Å². The quantitative estimate of drug-likeness (QED) is 0.292. The van der Waals surface area contributed by atoms with Gasteiger partial charge < -0.3 is 10.1 Å². The van der Waals surface area contributed by atoms with E-state index in [0.29, 0.717) is 24.3 Å². The van der Waals surface area contributed by atoms with E-state index in [1.807, 2.05) is 54.7 Å². The van der Waals surface area contributed by atoms with Crippen LogP contribution in [0.1, 0.15) is 55.8 Å². The molecule has 0 radical (unpaired) electrons. The number of carbonyl (C=O) groups is 1. The van der Waals surface area contributed by atoms with E-state index in [9.17, 15) is 4.79 Å². The van der Waals surface area contributed by atoms with Crippen LogP contribution in [-0.2, 0) is 0 Å².